The van der Waals surface area contributed by atoms with E-state index in [0.717, 1.165) is 6.33 Å². The Kier molecular flexibility index (Phi) is 8.32. The summed E-state index contributed by atoms with van der Waals surface area (Å²) in [6, 6.07) is 4.34. The third kappa shape index (κ3) is 5.96. The van der Waals surface area contributed by atoms with E-state index in [9.17, 15) is 19.6 Å². The van der Waals surface area contributed by atoms with Crippen LogP contribution in [0.2, 0.25) is 0 Å². The molecule has 0 bridgehead atoms. The van der Waals surface area contributed by atoms with E-state index in [1.54, 1.807) is 39.8 Å². The molecule has 37 heavy (non-hydrogen) atoms. The van der Waals surface area contributed by atoms with E-state index in [-0.39, 0.29) is 31.0 Å². The van der Waals surface area contributed by atoms with Gasteiger partial charge in [0.15, 0.2) is 12.6 Å². The monoisotopic (exact) mass is 518 g/mol. The Hall–Kier alpha value is -3.80. The molecule has 0 unspecified atom stereocenters. The van der Waals surface area contributed by atoms with Crippen LogP contribution >= 0.6 is 0 Å². The van der Waals surface area contributed by atoms with Crippen molar-refractivity contribution in [3.8, 4) is 6.07 Å². The molecule has 14 heteroatoms. The normalized spacial score (nSPS) is 22.2. The Morgan fingerprint density at radius 3 is 2.73 bits per heavy atom. The van der Waals surface area contributed by atoms with Crippen molar-refractivity contribution in [2.24, 2.45) is 11.1 Å². The number of anilines is 1. The van der Waals surface area contributed by atoms with E-state index in [1.807, 2.05) is 0 Å². The Bertz CT molecular complexity index is 1200. The average Bonchev–Trinajstić information content (AvgIpc) is 3.44. The summed E-state index contributed by atoms with van der Waals surface area (Å²) in [5, 5.41) is 25.5. The molecular formula is C23H30N6O8. The smallest absolute Gasteiger partial charge is 0.414 e. The number of nitriles is 1. The van der Waals surface area contributed by atoms with E-state index in [2.05, 4.69) is 26.2 Å². The molecule has 0 radical (unpaired) electrons. The molecule has 1 aliphatic heterocycles. The molecule has 4 N–H and O–H groups in total. The van der Waals surface area contributed by atoms with Gasteiger partial charge in [-0.15, -0.1) is 0 Å². The fourth-order valence-electron chi connectivity index (χ4n) is 3.74. The minimum Gasteiger partial charge on any atom is -0.462 e. The first-order valence-electron chi connectivity index (χ1n) is 11.5. The Morgan fingerprint density at radius 1 is 1.38 bits per heavy atom. The van der Waals surface area contributed by atoms with Gasteiger partial charge in [0.1, 0.15) is 42.8 Å². The minimum atomic E-state index is -1.65. The molecule has 0 saturated carbocycles. The number of aliphatic hydroxyl groups excluding tert-OH is 1. The van der Waals surface area contributed by atoms with Gasteiger partial charge in [-0.05, 0) is 17.5 Å². The first kappa shape index (κ1) is 27.8. The topological polar surface area (TPSA) is 200 Å². The average molecular weight is 519 g/mol. The van der Waals surface area contributed by atoms with Gasteiger partial charge in [0.2, 0.25) is 5.60 Å². The van der Waals surface area contributed by atoms with Crippen LogP contribution in [0.5, 0.6) is 0 Å². The summed E-state index contributed by atoms with van der Waals surface area (Å²) in [4.78, 5) is 40.3. The summed E-state index contributed by atoms with van der Waals surface area (Å²) in [5.74, 6) is -1.11. The van der Waals surface area contributed by atoms with E-state index in [1.165, 1.54) is 4.52 Å². The van der Waals surface area contributed by atoms with Crippen molar-refractivity contribution in [1.82, 2.24) is 14.6 Å². The number of nitrogens with one attached hydrogen (secondary N) is 1. The molecule has 1 fully saturated rings. The minimum absolute atomic E-state index is 0.0568. The Labute approximate surface area is 212 Å². The zero-order valence-corrected chi connectivity index (χ0v) is 21.0. The van der Waals surface area contributed by atoms with E-state index in [0.29, 0.717) is 5.52 Å². The highest BCUT2D eigenvalue weighted by atomic mass is 16.6. The van der Waals surface area contributed by atoms with Gasteiger partial charge in [-0.25, -0.2) is 14.3 Å². The molecule has 1 saturated heterocycles. The van der Waals surface area contributed by atoms with Gasteiger partial charge in [-0.2, -0.15) is 10.4 Å². The number of amides is 1. The van der Waals surface area contributed by atoms with E-state index >= 15 is 0 Å². The molecule has 2 aromatic heterocycles. The van der Waals surface area contributed by atoms with E-state index < -0.39 is 54.1 Å². The SMILES string of the molecule is CCC(=O)O[C@H]1C[C@](C#N)(c2ccc3c(NC(=O)OCO)ncnn23)O[C@@H]1COC(=O)[C@@H](N)C(C)(C)C. The second kappa shape index (κ2) is 11.1. The number of fused-ring (bicyclic) bond motifs is 1. The van der Waals surface area contributed by atoms with Gasteiger partial charge in [-0.3, -0.25) is 14.9 Å². The molecule has 0 aliphatic carbocycles. The predicted molar refractivity (Wildman–Crippen MR) is 126 cm³/mol. The highest BCUT2D eigenvalue weighted by Crippen LogP contribution is 2.41. The Morgan fingerprint density at radius 2 is 2.11 bits per heavy atom. The number of aliphatic hydroxyl groups is 1. The third-order valence-corrected chi connectivity index (χ3v) is 5.87. The van der Waals surface area contributed by atoms with Crippen molar-refractivity contribution in [2.45, 2.75) is 64.4 Å². The van der Waals surface area contributed by atoms with Crippen molar-refractivity contribution in [2.75, 3.05) is 18.7 Å². The predicted octanol–water partition coefficient (Wildman–Crippen LogP) is 0.974. The summed E-state index contributed by atoms with van der Waals surface area (Å²) >= 11 is 0. The lowest BCUT2D eigenvalue weighted by Gasteiger charge is -2.26. The molecule has 14 nitrogen and oxygen atoms in total. The zero-order chi connectivity index (χ0) is 27.4. The van der Waals surface area contributed by atoms with Crippen molar-refractivity contribution in [1.29, 1.82) is 5.26 Å². The van der Waals surface area contributed by atoms with Crippen molar-refractivity contribution >= 4 is 29.4 Å². The van der Waals surface area contributed by atoms with Crippen LogP contribution in [-0.4, -0.2) is 69.4 Å². The second-order valence-electron chi connectivity index (χ2n) is 9.47. The number of hydrogen-bond donors (Lipinski definition) is 3. The third-order valence-electron chi connectivity index (χ3n) is 5.87. The van der Waals surface area contributed by atoms with Crippen molar-refractivity contribution in [3.63, 3.8) is 0 Å². The van der Waals surface area contributed by atoms with Crippen molar-refractivity contribution < 1.29 is 38.4 Å². The lowest BCUT2D eigenvalue weighted by atomic mass is 9.87. The van der Waals surface area contributed by atoms with Gasteiger partial charge < -0.3 is 29.8 Å². The standard InChI is InChI=1S/C23H30N6O8/c1-5-17(31)36-14-8-23(10-24,37-15(14)9-34-20(32)18(25)22(2,3)4)16-7-6-13-19(26-11-27-29(13)16)28-21(33)35-12-30/h6-7,11,14-15,18,30H,5,8-9,12,25H2,1-4H3,(H,26,27,28,33)/t14-,15+,18+,23-/m0/s1. The van der Waals surface area contributed by atoms with Gasteiger partial charge in [0.25, 0.3) is 0 Å². The van der Waals surface area contributed by atoms with Crippen LogP contribution in [0.1, 0.15) is 46.2 Å². The summed E-state index contributed by atoms with van der Waals surface area (Å²) in [6.07, 6.45) is -1.65. The number of hydrogen-bond acceptors (Lipinski definition) is 12. The van der Waals surface area contributed by atoms with Gasteiger partial charge in [0, 0.05) is 12.8 Å². The summed E-state index contributed by atoms with van der Waals surface area (Å²) in [6.45, 7) is 5.89. The van der Waals surface area contributed by atoms with Crippen LogP contribution in [0.25, 0.3) is 5.52 Å². The quantitative estimate of drug-likeness (QED) is 0.254. The van der Waals surface area contributed by atoms with Crippen LogP contribution in [0.15, 0.2) is 18.5 Å². The highest BCUT2D eigenvalue weighted by molar-refractivity contribution is 5.88. The number of rotatable bonds is 8. The number of nitrogens with two attached hydrogens (primary N) is 1. The largest absolute Gasteiger partial charge is 0.462 e. The number of esters is 2. The molecule has 3 heterocycles. The number of ether oxygens (including phenoxy) is 4. The number of nitrogens with zero attached hydrogens (tertiary/aromatic N) is 4. The maximum Gasteiger partial charge on any atom is 0.414 e. The fourth-order valence-corrected chi connectivity index (χ4v) is 3.74. The molecular weight excluding hydrogens is 488 g/mol. The fraction of sp³-hybridized carbons (Fsp3) is 0.565. The first-order chi connectivity index (χ1) is 17.5. The molecule has 4 atom stereocenters. The molecule has 0 spiro atoms. The van der Waals surface area contributed by atoms with Gasteiger partial charge in [-0.1, -0.05) is 27.7 Å². The zero-order valence-electron chi connectivity index (χ0n) is 21.0. The number of aromatic nitrogens is 3. The van der Waals surface area contributed by atoms with Crippen LogP contribution < -0.4 is 11.1 Å². The maximum atomic E-state index is 12.5. The molecule has 2 aromatic rings. The lowest BCUT2D eigenvalue weighted by molar-refractivity contribution is -0.160. The Balaban J connectivity index is 1.92. The molecule has 1 aliphatic rings. The van der Waals surface area contributed by atoms with Gasteiger partial charge in [0.05, 0.1) is 5.69 Å². The number of carbonyl (C=O) groups excluding carboxylic acids is 3. The van der Waals surface area contributed by atoms with Crippen LogP contribution in [-0.2, 0) is 34.1 Å². The lowest BCUT2D eigenvalue weighted by Crippen LogP contribution is -2.44. The first-order valence-corrected chi connectivity index (χ1v) is 11.5. The summed E-state index contributed by atoms with van der Waals surface area (Å²) < 4.78 is 22.8. The van der Waals surface area contributed by atoms with Crippen molar-refractivity contribution in [3.05, 3.63) is 24.2 Å². The van der Waals surface area contributed by atoms with Crippen LogP contribution in [0.3, 0.4) is 0 Å². The molecule has 0 aromatic carbocycles. The molecule has 1 amide bonds. The number of carbonyl (C=O) groups is 3. The summed E-state index contributed by atoms with van der Waals surface area (Å²) in [5.41, 5.74) is 4.36. The second-order valence-corrected chi connectivity index (χ2v) is 9.47. The molecule has 3 rings (SSSR count). The van der Waals surface area contributed by atoms with Crippen LogP contribution in [0.4, 0.5) is 10.6 Å². The van der Waals surface area contributed by atoms with Crippen LogP contribution in [0, 0.1) is 16.7 Å². The van der Waals surface area contributed by atoms with E-state index in [4.69, 9.17) is 25.1 Å². The highest BCUT2D eigenvalue weighted by Gasteiger charge is 2.52. The van der Waals surface area contributed by atoms with Gasteiger partial charge >= 0.3 is 18.0 Å². The summed E-state index contributed by atoms with van der Waals surface area (Å²) in [7, 11) is 0. The molecule has 200 valence electrons. The maximum absolute atomic E-state index is 12.5.